The largest absolute Gasteiger partial charge is 0.295 e. The van der Waals surface area contributed by atoms with Crippen LogP contribution in [0.25, 0.3) is 6.08 Å². The maximum absolute atomic E-state index is 10.8. The van der Waals surface area contributed by atoms with Crippen molar-refractivity contribution >= 4 is 11.9 Å². The lowest BCUT2D eigenvalue weighted by Gasteiger charge is -2.05. The Hall–Kier alpha value is -1.37. The molecule has 1 aromatic rings. The van der Waals surface area contributed by atoms with E-state index >= 15 is 0 Å². The summed E-state index contributed by atoms with van der Waals surface area (Å²) >= 11 is 0. The molecule has 14 heavy (non-hydrogen) atoms. The van der Waals surface area contributed by atoms with Gasteiger partial charge in [-0.05, 0) is 56.0 Å². The molecule has 0 aromatic heterocycles. The summed E-state index contributed by atoms with van der Waals surface area (Å²) in [5.41, 5.74) is 4.90. The Morgan fingerprint density at radius 2 is 1.64 bits per heavy atom. The Morgan fingerprint density at radius 1 is 1.07 bits per heavy atom. The van der Waals surface area contributed by atoms with Crippen molar-refractivity contribution in [3.8, 4) is 0 Å². The van der Waals surface area contributed by atoms with Gasteiger partial charge in [0.15, 0.2) is 5.78 Å². The summed E-state index contributed by atoms with van der Waals surface area (Å²) in [5, 5.41) is 0. The molecule has 1 rings (SSSR count). The van der Waals surface area contributed by atoms with Gasteiger partial charge in [0, 0.05) is 0 Å². The molecular formula is C13H16O. The van der Waals surface area contributed by atoms with Crippen LogP contribution in [0.15, 0.2) is 18.2 Å². The summed E-state index contributed by atoms with van der Waals surface area (Å²) in [7, 11) is 0. The van der Waals surface area contributed by atoms with Crippen LogP contribution in [-0.2, 0) is 4.79 Å². The van der Waals surface area contributed by atoms with E-state index in [4.69, 9.17) is 0 Å². The summed E-state index contributed by atoms with van der Waals surface area (Å²) in [4.78, 5) is 10.8. The highest BCUT2D eigenvalue weighted by Gasteiger charge is 1.98. The van der Waals surface area contributed by atoms with Crippen LogP contribution < -0.4 is 0 Å². The third-order valence-corrected chi connectivity index (χ3v) is 2.38. The quantitative estimate of drug-likeness (QED) is 0.651. The molecule has 0 aliphatic rings. The standard InChI is InChI=1S/C13H16O/c1-9-7-11(3)13(8-10(9)2)6-5-12(4)14/h5-8H,1-4H3/b6-5+. The molecule has 0 aliphatic carbocycles. The van der Waals surface area contributed by atoms with Crippen LogP contribution in [0.4, 0.5) is 0 Å². The van der Waals surface area contributed by atoms with Gasteiger partial charge in [0.2, 0.25) is 0 Å². The molecule has 0 spiro atoms. The molecule has 0 amide bonds. The Kier molecular flexibility index (Phi) is 3.23. The first-order chi connectivity index (χ1) is 6.50. The number of hydrogen-bond donors (Lipinski definition) is 0. The van der Waals surface area contributed by atoms with Gasteiger partial charge in [-0.2, -0.15) is 0 Å². The van der Waals surface area contributed by atoms with Crippen molar-refractivity contribution in [3.63, 3.8) is 0 Å². The number of hydrogen-bond acceptors (Lipinski definition) is 1. The first kappa shape index (κ1) is 10.7. The zero-order chi connectivity index (χ0) is 10.7. The predicted octanol–water partition coefficient (Wildman–Crippen LogP) is 3.21. The lowest BCUT2D eigenvalue weighted by atomic mass is 10.0. The SMILES string of the molecule is CC(=O)/C=C/c1cc(C)c(C)cc1C. The van der Waals surface area contributed by atoms with E-state index in [1.165, 1.54) is 16.7 Å². The van der Waals surface area contributed by atoms with E-state index in [1.807, 2.05) is 6.08 Å². The molecule has 0 atom stereocenters. The van der Waals surface area contributed by atoms with Crippen molar-refractivity contribution in [2.75, 3.05) is 0 Å². The molecule has 0 aliphatic heterocycles. The van der Waals surface area contributed by atoms with E-state index in [1.54, 1.807) is 13.0 Å². The second-order valence-electron chi connectivity index (χ2n) is 3.74. The predicted molar refractivity (Wildman–Crippen MR) is 60.4 cm³/mol. The minimum Gasteiger partial charge on any atom is -0.295 e. The number of rotatable bonds is 2. The van der Waals surface area contributed by atoms with E-state index in [0.29, 0.717) is 0 Å². The maximum atomic E-state index is 10.8. The number of allylic oxidation sites excluding steroid dienone is 1. The normalized spacial score (nSPS) is 10.9. The van der Waals surface area contributed by atoms with Crippen molar-refractivity contribution in [2.45, 2.75) is 27.7 Å². The van der Waals surface area contributed by atoms with Crippen LogP contribution in [-0.4, -0.2) is 5.78 Å². The Labute approximate surface area is 85.5 Å². The van der Waals surface area contributed by atoms with Gasteiger partial charge in [0.1, 0.15) is 0 Å². The van der Waals surface area contributed by atoms with E-state index in [-0.39, 0.29) is 5.78 Å². The molecule has 0 fully saturated rings. The van der Waals surface area contributed by atoms with E-state index < -0.39 is 0 Å². The molecule has 1 heteroatoms. The van der Waals surface area contributed by atoms with Gasteiger partial charge in [-0.15, -0.1) is 0 Å². The summed E-state index contributed by atoms with van der Waals surface area (Å²) < 4.78 is 0. The molecule has 0 saturated heterocycles. The minimum atomic E-state index is 0.0858. The highest BCUT2D eigenvalue weighted by Crippen LogP contribution is 2.16. The number of carbonyl (C=O) groups excluding carboxylic acids is 1. The minimum absolute atomic E-state index is 0.0858. The molecule has 0 N–H and O–H groups in total. The van der Waals surface area contributed by atoms with Crippen molar-refractivity contribution in [2.24, 2.45) is 0 Å². The zero-order valence-electron chi connectivity index (χ0n) is 9.22. The average Bonchev–Trinajstić information content (AvgIpc) is 2.09. The van der Waals surface area contributed by atoms with Gasteiger partial charge in [0.25, 0.3) is 0 Å². The van der Waals surface area contributed by atoms with Crippen LogP contribution in [0.1, 0.15) is 29.2 Å². The molecule has 0 bridgehead atoms. The van der Waals surface area contributed by atoms with Crippen LogP contribution >= 0.6 is 0 Å². The molecular weight excluding hydrogens is 172 g/mol. The smallest absolute Gasteiger partial charge is 0.152 e. The van der Waals surface area contributed by atoms with E-state index in [2.05, 4.69) is 32.9 Å². The first-order valence-corrected chi connectivity index (χ1v) is 4.77. The summed E-state index contributed by atoms with van der Waals surface area (Å²) in [6, 6.07) is 4.26. The van der Waals surface area contributed by atoms with Gasteiger partial charge in [-0.1, -0.05) is 18.2 Å². The fraction of sp³-hybridized carbons (Fsp3) is 0.308. The molecule has 0 saturated carbocycles. The van der Waals surface area contributed by atoms with Crippen LogP contribution in [0.3, 0.4) is 0 Å². The van der Waals surface area contributed by atoms with E-state index in [0.717, 1.165) is 5.56 Å². The van der Waals surface area contributed by atoms with Crippen LogP contribution in [0.5, 0.6) is 0 Å². The van der Waals surface area contributed by atoms with Gasteiger partial charge in [-0.3, -0.25) is 4.79 Å². The Morgan fingerprint density at radius 3 is 2.21 bits per heavy atom. The molecule has 1 nitrogen and oxygen atoms in total. The first-order valence-electron chi connectivity index (χ1n) is 4.77. The summed E-state index contributed by atoms with van der Waals surface area (Å²) in [6.45, 7) is 7.81. The van der Waals surface area contributed by atoms with Gasteiger partial charge >= 0.3 is 0 Å². The highest BCUT2D eigenvalue weighted by atomic mass is 16.1. The summed E-state index contributed by atoms with van der Waals surface area (Å²) in [5.74, 6) is 0.0858. The monoisotopic (exact) mass is 188 g/mol. The number of carbonyl (C=O) groups is 1. The van der Waals surface area contributed by atoms with Gasteiger partial charge in [0.05, 0.1) is 0 Å². The van der Waals surface area contributed by atoms with Crippen molar-refractivity contribution in [1.82, 2.24) is 0 Å². The lowest BCUT2D eigenvalue weighted by Crippen LogP contribution is -1.88. The fourth-order valence-corrected chi connectivity index (χ4v) is 1.37. The molecule has 0 heterocycles. The van der Waals surface area contributed by atoms with Gasteiger partial charge in [-0.25, -0.2) is 0 Å². The second-order valence-corrected chi connectivity index (χ2v) is 3.74. The second kappa shape index (κ2) is 4.23. The molecule has 0 unspecified atom stereocenters. The highest BCUT2D eigenvalue weighted by molar-refractivity contribution is 5.91. The topological polar surface area (TPSA) is 17.1 Å². The number of aryl methyl sites for hydroxylation is 3. The van der Waals surface area contributed by atoms with Gasteiger partial charge < -0.3 is 0 Å². The average molecular weight is 188 g/mol. The van der Waals surface area contributed by atoms with Crippen molar-refractivity contribution in [3.05, 3.63) is 40.5 Å². The fourth-order valence-electron chi connectivity index (χ4n) is 1.37. The Bertz CT molecular complexity index is 386. The van der Waals surface area contributed by atoms with Crippen LogP contribution in [0, 0.1) is 20.8 Å². The third kappa shape index (κ3) is 2.56. The lowest BCUT2D eigenvalue weighted by molar-refractivity contribution is -0.112. The molecule has 1 aromatic carbocycles. The zero-order valence-corrected chi connectivity index (χ0v) is 9.22. The van der Waals surface area contributed by atoms with Crippen molar-refractivity contribution < 1.29 is 4.79 Å². The number of benzene rings is 1. The Balaban J connectivity index is 3.10. The molecule has 0 radical (unpaired) electrons. The summed E-state index contributed by atoms with van der Waals surface area (Å²) in [6.07, 6.45) is 3.49. The van der Waals surface area contributed by atoms with Crippen LogP contribution in [0.2, 0.25) is 0 Å². The third-order valence-electron chi connectivity index (χ3n) is 2.38. The molecule has 74 valence electrons. The van der Waals surface area contributed by atoms with Crippen molar-refractivity contribution in [1.29, 1.82) is 0 Å². The number of ketones is 1. The van der Waals surface area contributed by atoms with E-state index in [9.17, 15) is 4.79 Å². The maximum Gasteiger partial charge on any atom is 0.152 e.